The molecular weight excluding hydrogens is 411 g/mol. The Balaban J connectivity index is 1.37. The molecule has 5 nitrogen and oxygen atoms in total. The summed E-state index contributed by atoms with van der Waals surface area (Å²) in [6.45, 7) is 6.31. The van der Waals surface area contributed by atoms with E-state index in [2.05, 4.69) is 30.9 Å². The van der Waals surface area contributed by atoms with Crippen molar-refractivity contribution in [1.29, 1.82) is 0 Å². The molecule has 2 aromatic rings. The molecule has 1 aliphatic rings. The number of hydrogen-bond acceptors (Lipinski definition) is 4. The minimum atomic E-state index is -4.31. The lowest BCUT2D eigenvalue weighted by molar-refractivity contribution is -0.137. The minimum absolute atomic E-state index is 0.420. The molecule has 0 bridgehead atoms. The number of aromatic nitrogens is 1. The van der Waals surface area contributed by atoms with Crippen LogP contribution in [-0.4, -0.2) is 42.5 Å². The lowest BCUT2D eigenvalue weighted by Crippen LogP contribution is -2.42. The van der Waals surface area contributed by atoms with Crippen LogP contribution in [0.1, 0.15) is 34.7 Å². The molecule has 0 atom stereocenters. The molecule has 2 heterocycles. The molecule has 3 rings (SSSR count). The van der Waals surface area contributed by atoms with Gasteiger partial charge >= 0.3 is 6.18 Å². The highest BCUT2D eigenvalue weighted by Gasteiger charge is 2.29. The van der Waals surface area contributed by atoms with Crippen LogP contribution in [0.2, 0.25) is 0 Å². The van der Waals surface area contributed by atoms with E-state index in [9.17, 15) is 13.2 Å². The summed E-state index contributed by atoms with van der Waals surface area (Å²) in [4.78, 5) is 11.2. The first-order chi connectivity index (χ1) is 14.3. The highest BCUT2D eigenvalue weighted by molar-refractivity contribution is 7.09. The maximum absolute atomic E-state index is 12.6. The molecule has 0 radical (unpaired) electrons. The molecule has 0 spiro atoms. The Bertz CT molecular complexity index is 824. The number of aliphatic imine (C=N–C) groups is 1. The van der Waals surface area contributed by atoms with E-state index in [4.69, 9.17) is 0 Å². The largest absolute Gasteiger partial charge is 0.416 e. The third kappa shape index (κ3) is 6.70. The Kier molecular flexibility index (Phi) is 7.71. The molecule has 1 aromatic carbocycles. The van der Waals surface area contributed by atoms with E-state index in [0.29, 0.717) is 18.4 Å². The number of halogens is 3. The van der Waals surface area contributed by atoms with Crippen molar-refractivity contribution < 1.29 is 13.2 Å². The number of benzene rings is 1. The Morgan fingerprint density at radius 1 is 1.20 bits per heavy atom. The number of hydrogen-bond donors (Lipinski definition) is 2. The SMILES string of the molecule is CN=C(NCc1ccc(C(F)(F)F)cc1)NCC1CCN(Cc2csc(C)n2)CC1. The fraction of sp³-hybridized carbons (Fsp3) is 0.524. The van der Waals surface area contributed by atoms with Gasteiger partial charge in [-0.15, -0.1) is 11.3 Å². The summed E-state index contributed by atoms with van der Waals surface area (Å²) in [6, 6.07) is 5.19. The number of nitrogens with zero attached hydrogens (tertiary/aromatic N) is 3. The van der Waals surface area contributed by atoms with Gasteiger partial charge in [-0.3, -0.25) is 9.89 Å². The van der Waals surface area contributed by atoms with Crippen molar-refractivity contribution in [3.63, 3.8) is 0 Å². The number of thiazole rings is 1. The van der Waals surface area contributed by atoms with Gasteiger partial charge in [-0.05, 0) is 56.5 Å². The van der Waals surface area contributed by atoms with Crippen LogP contribution in [0.4, 0.5) is 13.2 Å². The van der Waals surface area contributed by atoms with Gasteiger partial charge in [-0.25, -0.2) is 4.98 Å². The monoisotopic (exact) mass is 439 g/mol. The number of guanidine groups is 1. The van der Waals surface area contributed by atoms with Crippen LogP contribution >= 0.6 is 11.3 Å². The number of nitrogens with one attached hydrogen (secondary N) is 2. The molecule has 1 aliphatic heterocycles. The van der Waals surface area contributed by atoms with Crippen LogP contribution in [0.25, 0.3) is 0 Å². The summed E-state index contributed by atoms with van der Waals surface area (Å²) in [5.74, 6) is 1.23. The maximum atomic E-state index is 12.6. The first-order valence-electron chi connectivity index (χ1n) is 10.1. The number of likely N-dealkylation sites (tertiary alicyclic amines) is 1. The highest BCUT2D eigenvalue weighted by Crippen LogP contribution is 2.29. The molecule has 0 aliphatic carbocycles. The van der Waals surface area contributed by atoms with E-state index in [-0.39, 0.29) is 0 Å². The standard InChI is InChI=1S/C21H28F3N5S/c1-15-28-19(14-30-15)13-29-9-7-17(8-10-29)12-27-20(25-2)26-11-16-3-5-18(6-4-16)21(22,23)24/h3-6,14,17H,7-13H2,1-2H3,(H2,25,26,27). The van der Waals surface area contributed by atoms with Crippen LogP contribution < -0.4 is 10.6 Å². The van der Waals surface area contributed by atoms with Gasteiger partial charge in [0.2, 0.25) is 0 Å². The van der Waals surface area contributed by atoms with Gasteiger partial charge < -0.3 is 10.6 Å². The molecule has 30 heavy (non-hydrogen) atoms. The van der Waals surface area contributed by atoms with Gasteiger partial charge in [0.25, 0.3) is 0 Å². The second-order valence-electron chi connectivity index (χ2n) is 7.58. The lowest BCUT2D eigenvalue weighted by Gasteiger charge is -2.31. The van der Waals surface area contributed by atoms with Crippen LogP contribution in [-0.2, 0) is 19.3 Å². The zero-order valence-corrected chi connectivity index (χ0v) is 18.1. The minimum Gasteiger partial charge on any atom is -0.356 e. The predicted molar refractivity (Wildman–Crippen MR) is 114 cm³/mol. The van der Waals surface area contributed by atoms with Crippen molar-refractivity contribution in [2.45, 2.75) is 39.0 Å². The average Bonchev–Trinajstić information content (AvgIpc) is 3.13. The van der Waals surface area contributed by atoms with Crippen molar-refractivity contribution in [1.82, 2.24) is 20.5 Å². The molecule has 9 heteroatoms. The molecule has 0 unspecified atom stereocenters. The number of rotatable bonds is 6. The van der Waals surface area contributed by atoms with E-state index >= 15 is 0 Å². The smallest absolute Gasteiger partial charge is 0.356 e. The van der Waals surface area contributed by atoms with Gasteiger partial charge in [-0.2, -0.15) is 13.2 Å². The average molecular weight is 440 g/mol. The third-order valence-electron chi connectivity index (χ3n) is 5.28. The third-order valence-corrected chi connectivity index (χ3v) is 6.10. The van der Waals surface area contributed by atoms with Crippen molar-refractivity contribution in [3.8, 4) is 0 Å². The van der Waals surface area contributed by atoms with Crippen molar-refractivity contribution in [3.05, 3.63) is 51.5 Å². The summed E-state index contributed by atoms with van der Waals surface area (Å²) in [5, 5.41) is 9.75. The zero-order valence-electron chi connectivity index (χ0n) is 17.3. The molecular formula is C21H28F3N5S. The number of alkyl halides is 3. The maximum Gasteiger partial charge on any atom is 0.416 e. The molecule has 0 amide bonds. The van der Waals surface area contributed by atoms with E-state index in [1.807, 2.05) is 6.92 Å². The van der Waals surface area contributed by atoms with E-state index in [1.54, 1.807) is 18.4 Å². The normalized spacial score (nSPS) is 16.6. The first-order valence-corrected chi connectivity index (χ1v) is 11.0. The van der Waals surface area contributed by atoms with Gasteiger partial charge in [-0.1, -0.05) is 12.1 Å². The summed E-state index contributed by atoms with van der Waals surface area (Å²) >= 11 is 1.69. The molecule has 164 valence electrons. The second kappa shape index (κ2) is 10.3. The van der Waals surface area contributed by atoms with Crippen LogP contribution in [0.15, 0.2) is 34.6 Å². The lowest BCUT2D eigenvalue weighted by atomic mass is 9.97. The number of piperidine rings is 1. The topological polar surface area (TPSA) is 52.6 Å². The zero-order chi connectivity index (χ0) is 21.6. The van der Waals surface area contributed by atoms with Gasteiger partial charge in [0.1, 0.15) is 0 Å². The fourth-order valence-corrected chi connectivity index (χ4v) is 4.12. The van der Waals surface area contributed by atoms with Crippen molar-refractivity contribution >= 4 is 17.3 Å². The predicted octanol–water partition coefficient (Wildman–Crippen LogP) is 4.05. The van der Waals surface area contributed by atoms with Crippen LogP contribution in [0.5, 0.6) is 0 Å². The molecule has 1 aromatic heterocycles. The van der Waals surface area contributed by atoms with Gasteiger partial charge in [0.05, 0.1) is 16.3 Å². The molecule has 1 saturated heterocycles. The van der Waals surface area contributed by atoms with Gasteiger partial charge in [0.15, 0.2) is 5.96 Å². The highest BCUT2D eigenvalue weighted by atomic mass is 32.1. The molecule has 1 fully saturated rings. The van der Waals surface area contributed by atoms with Gasteiger partial charge in [0, 0.05) is 32.1 Å². The summed E-state index contributed by atoms with van der Waals surface area (Å²) < 4.78 is 37.9. The second-order valence-corrected chi connectivity index (χ2v) is 8.64. The Morgan fingerprint density at radius 3 is 2.47 bits per heavy atom. The van der Waals surface area contributed by atoms with Crippen molar-refractivity contribution in [2.24, 2.45) is 10.9 Å². The molecule has 2 N–H and O–H groups in total. The van der Waals surface area contributed by atoms with Crippen LogP contribution in [0, 0.1) is 12.8 Å². The molecule has 0 saturated carbocycles. The van der Waals surface area contributed by atoms with E-state index in [0.717, 1.165) is 67.4 Å². The summed E-state index contributed by atoms with van der Waals surface area (Å²) in [6.07, 6.45) is -2.07. The summed E-state index contributed by atoms with van der Waals surface area (Å²) in [5.41, 5.74) is 1.29. The fourth-order valence-electron chi connectivity index (χ4n) is 3.52. The quantitative estimate of drug-likeness (QED) is 0.527. The number of aryl methyl sites for hydroxylation is 1. The Hall–Kier alpha value is -2.13. The van der Waals surface area contributed by atoms with E-state index < -0.39 is 11.7 Å². The Morgan fingerprint density at radius 2 is 1.90 bits per heavy atom. The van der Waals surface area contributed by atoms with E-state index in [1.165, 1.54) is 12.1 Å². The van der Waals surface area contributed by atoms with Crippen LogP contribution in [0.3, 0.4) is 0 Å². The first kappa shape index (κ1) is 22.6. The van der Waals surface area contributed by atoms with Crippen molar-refractivity contribution in [2.75, 3.05) is 26.7 Å². The Labute approximate surface area is 179 Å². The summed E-state index contributed by atoms with van der Waals surface area (Å²) in [7, 11) is 1.69.